The zero-order chi connectivity index (χ0) is 18.9. The Morgan fingerprint density at radius 3 is 2.73 bits per heavy atom. The quantitative estimate of drug-likeness (QED) is 0.821. The molecule has 0 aliphatic carbocycles. The van der Waals surface area contributed by atoms with Crippen molar-refractivity contribution in [2.75, 3.05) is 31.1 Å². The van der Waals surface area contributed by atoms with E-state index in [4.69, 9.17) is 0 Å². The fourth-order valence-electron chi connectivity index (χ4n) is 3.71. The Kier molecular flexibility index (Phi) is 5.47. The van der Waals surface area contributed by atoms with Crippen molar-refractivity contribution >= 4 is 15.9 Å². The molecule has 1 aromatic rings. The summed E-state index contributed by atoms with van der Waals surface area (Å²) in [5, 5.41) is 2.79. The minimum absolute atomic E-state index is 0.0340. The van der Waals surface area contributed by atoms with Gasteiger partial charge in [-0.05, 0) is 13.0 Å². The first-order chi connectivity index (χ1) is 12.3. The van der Waals surface area contributed by atoms with Gasteiger partial charge in [0.15, 0.2) is 9.84 Å². The number of carbonyl (C=O) groups is 1. The second-order valence-corrected chi connectivity index (χ2v) is 9.43. The van der Waals surface area contributed by atoms with Gasteiger partial charge < -0.3 is 10.2 Å². The maximum absolute atomic E-state index is 12.3. The van der Waals surface area contributed by atoms with Crippen molar-refractivity contribution in [1.29, 1.82) is 0 Å². The molecule has 1 aromatic heterocycles. The van der Waals surface area contributed by atoms with Crippen molar-refractivity contribution in [3.63, 3.8) is 0 Å². The largest absolute Gasteiger partial charge is 0.338 e. The first-order valence-electron chi connectivity index (χ1n) is 9.11. The number of nitrogens with one attached hydrogen (secondary N) is 1. The lowest BCUT2D eigenvalue weighted by Gasteiger charge is -2.43. The van der Waals surface area contributed by atoms with Gasteiger partial charge >= 0.3 is 6.03 Å². The Bertz CT molecular complexity index is 767. The van der Waals surface area contributed by atoms with Crippen LogP contribution in [0.1, 0.15) is 38.2 Å². The van der Waals surface area contributed by atoms with Gasteiger partial charge in [-0.2, -0.15) is 0 Å². The van der Waals surface area contributed by atoms with Crippen molar-refractivity contribution in [1.82, 2.24) is 25.1 Å². The summed E-state index contributed by atoms with van der Waals surface area (Å²) in [5.74, 6) is 1.16. The van der Waals surface area contributed by atoms with Crippen LogP contribution in [0.5, 0.6) is 0 Å². The van der Waals surface area contributed by atoms with E-state index in [0.717, 1.165) is 11.5 Å². The topological polar surface area (TPSA) is 95.5 Å². The van der Waals surface area contributed by atoms with Crippen molar-refractivity contribution in [2.24, 2.45) is 0 Å². The number of sulfone groups is 1. The third kappa shape index (κ3) is 3.98. The molecule has 144 valence electrons. The molecule has 26 heavy (non-hydrogen) atoms. The molecule has 3 heterocycles. The van der Waals surface area contributed by atoms with Gasteiger partial charge in [0.1, 0.15) is 5.82 Å². The lowest BCUT2D eigenvalue weighted by Crippen LogP contribution is -2.62. The molecular formula is C17H27N5O3S. The molecule has 2 saturated heterocycles. The predicted molar refractivity (Wildman–Crippen MR) is 98.5 cm³/mol. The summed E-state index contributed by atoms with van der Waals surface area (Å²) in [6.45, 7) is 8.20. The summed E-state index contributed by atoms with van der Waals surface area (Å²) >= 11 is 0. The molecule has 0 unspecified atom stereocenters. The van der Waals surface area contributed by atoms with E-state index in [1.807, 2.05) is 26.8 Å². The van der Waals surface area contributed by atoms with Gasteiger partial charge in [0.25, 0.3) is 0 Å². The molecule has 2 aliphatic heterocycles. The minimum atomic E-state index is -3.15. The van der Waals surface area contributed by atoms with Gasteiger partial charge in [0, 0.05) is 44.3 Å². The number of hydrogen-bond donors (Lipinski definition) is 1. The van der Waals surface area contributed by atoms with Crippen molar-refractivity contribution in [3.05, 3.63) is 23.8 Å². The predicted octanol–water partition coefficient (Wildman–Crippen LogP) is 0.613. The third-order valence-corrected chi connectivity index (χ3v) is 6.69. The van der Waals surface area contributed by atoms with Gasteiger partial charge in [0.05, 0.1) is 23.2 Å². The van der Waals surface area contributed by atoms with E-state index >= 15 is 0 Å². The van der Waals surface area contributed by atoms with Gasteiger partial charge in [-0.3, -0.25) is 4.90 Å². The smallest absolute Gasteiger partial charge is 0.317 e. The van der Waals surface area contributed by atoms with E-state index in [2.05, 4.69) is 20.2 Å². The van der Waals surface area contributed by atoms with Gasteiger partial charge in [0.2, 0.25) is 0 Å². The van der Waals surface area contributed by atoms with Gasteiger partial charge in [-0.15, -0.1) is 0 Å². The normalized spacial score (nSPS) is 25.3. The van der Waals surface area contributed by atoms with Crippen LogP contribution in [0.4, 0.5) is 4.79 Å². The van der Waals surface area contributed by atoms with Crippen LogP contribution in [-0.2, 0) is 16.4 Å². The number of urea groups is 1. The van der Waals surface area contributed by atoms with Crippen molar-refractivity contribution in [2.45, 2.75) is 45.3 Å². The number of amides is 2. The number of nitrogens with zero attached hydrogens (tertiary/aromatic N) is 4. The molecule has 1 N–H and O–H groups in total. The van der Waals surface area contributed by atoms with E-state index < -0.39 is 9.84 Å². The van der Waals surface area contributed by atoms with Crippen LogP contribution < -0.4 is 5.32 Å². The fourth-order valence-corrected chi connectivity index (χ4v) is 5.73. The monoisotopic (exact) mass is 381 g/mol. The molecule has 0 radical (unpaired) electrons. The Hall–Kier alpha value is -1.74. The first-order valence-corrected chi connectivity index (χ1v) is 10.9. The Labute approximate surface area is 154 Å². The Balaban J connectivity index is 1.80. The summed E-state index contributed by atoms with van der Waals surface area (Å²) in [4.78, 5) is 25.1. The number of rotatable bonds is 4. The Morgan fingerprint density at radius 2 is 2.04 bits per heavy atom. The summed E-state index contributed by atoms with van der Waals surface area (Å²) in [5.41, 5.74) is 0.887. The van der Waals surface area contributed by atoms with Crippen LogP contribution in [0.2, 0.25) is 0 Å². The molecule has 9 heteroatoms. The van der Waals surface area contributed by atoms with Crippen LogP contribution in [0, 0.1) is 0 Å². The summed E-state index contributed by atoms with van der Waals surface area (Å²) in [6, 6.07) is 1.21. The van der Waals surface area contributed by atoms with E-state index in [1.165, 1.54) is 0 Å². The number of carbonyl (C=O) groups excluding carboxylic acids is 1. The van der Waals surface area contributed by atoms with E-state index in [0.29, 0.717) is 26.2 Å². The summed E-state index contributed by atoms with van der Waals surface area (Å²) < 4.78 is 24.5. The molecular weight excluding hydrogens is 354 g/mol. The van der Waals surface area contributed by atoms with Crippen LogP contribution in [0.3, 0.4) is 0 Å². The average molecular weight is 382 g/mol. The second-order valence-electron chi connectivity index (χ2n) is 7.27. The summed E-state index contributed by atoms with van der Waals surface area (Å²) in [7, 11) is -3.15. The minimum Gasteiger partial charge on any atom is -0.338 e. The van der Waals surface area contributed by atoms with E-state index in [1.54, 1.807) is 11.1 Å². The zero-order valence-electron chi connectivity index (χ0n) is 15.6. The number of piperazine rings is 1. The molecule has 2 fully saturated rings. The van der Waals surface area contributed by atoms with Crippen LogP contribution in [0.15, 0.2) is 12.3 Å². The van der Waals surface area contributed by atoms with Gasteiger partial charge in [-0.25, -0.2) is 23.2 Å². The number of fused-ring (bicyclic) bond motifs is 1. The highest BCUT2D eigenvalue weighted by atomic mass is 32.2. The summed E-state index contributed by atoms with van der Waals surface area (Å²) in [6.07, 6.45) is 1.76. The standard InChI is InChI=1S/C17H27N5O3S/c1-4-18-17(23)22-8-7-21(14-10-26(24,25)11-15(14)22)9-13-5-6-19-16(20-13)12(2)3/h5-6,12,14-15H,4,7-11H2,1-3H3,(H,18,23)/t14-,15+/m1/s1. The number of aromatic nitrogens is 2. The van der Waals surface area contributed by atoms with Crippen LogP contribution >= 0.6 is 0 Å². The molecule has 0 bridgehead atoms. The first kappa shape index (κ1) is 19.0. The lowest BCUT2D eigenvalue weighted by molar-refractivity contribution is 0.0599. The van der Waals surface area contributed by atoms with Crippen molar-refractivity contribution < 1.29 is 13.2 Å². The molecule has 2 amide bonds. The maximum Gasteiger partial charge on any atom is 0.317 e. The van der Waals surface area contributed by atoms with Gasteiger partial charge in [-0.1, -0.05) is 13.8 Å². The molecule has 0 saturated carbocycles. The highest BCUT2D eigenvalue weighted by Crippen LogP contribution is 2.28. The fraction of sp³-hybridized carbons (Fsp3) is 0.706. The molecule has 8 nitrogen and oxygen atoms in total. The Morgan fingerprint density at radius 1 is 1.31 bits per heavy atom. The molecule has 2 aliphatic rings. The van der Waals surface area contributed by atoms with Crippen molar-refractivity contribution in [3.8, 4) is 0 Å². The maximum atomic E-state index is 12.3. The van der Waals surface area contributed by atoms with Crippen LogP contribution in [0.25, 0.3) is 0 Å². The van der Waals surface area contributed by atoms with E-state index in [9.17, 15) is 13.2 Å². The zero-order valence-corrected chi connectivity index (χ0v) is 16.4. The second kappa shape index (κ2) is 7.48. The number of hydrogen-bond acceptors (Lipinski definition) is 6. The highest BCUT2D eigenvalue weighted by molar-refractivity contribution is 7.91. The molecule has 3 rings (SSSR count). The lowest BCUT2D eigenvalue weighted by atomic mass is 10.0. The molecule has 0 aromatic carbocycles. The average Bonchev–Trinajstić information content (AvgIpc) is 2.91. The SMILES string of the molecule is CCNC(=O)N1CCN(Cc2ccnc(C(C)C)n2)[C@@H]2CS(=O)(=O)C[C@@H]21. The third-order valence-electron chi connectivity index (χ3n) is 4.99. The highest BCUT2D eigenvalue weighted by Gasteiger charge is 2.48. The van der Waals surface area contributed by atoms with E-state index in [-0.39, 0.29) is 35.5 Å². The molecule has 0 spiro atoms. The van der Waals surface area contributed by atoms with Crippen LogP contribution in [-0.4, -0.2) is 77.4 Å². The molecule has 2 atom stereocenters.